The molecule has 1 atom stereocenters. The van der Waals surface area contributed by atoms with Gasteiger partial charge in [-0.3, -0.25) is 9.89 Å². The van der Waals surface area contributed by atoms with Crippen LogP contribution in [0, 0.1) is 11.8 Å². The number of aromatic amines is 1. The van der Waals surface area contributed by atoms with Crippen molar-refractivity contribution in [2.45, 2.75) is 31.2 Å². The van der Waals surface area contributed by atoms with E-state index in [1.807, 2.05) is 59.5 Å². The molecule has 2 fully saturated rings. The number of benzene rings is 3. The highest BCUT2D eigenvalue weighted by Gasteiger charge is 2.40. The van der Waals surface area contributed by atoms with Crippen LogP contribution < -0.4 is 5.32 Å². The van der Waals surface area contributed by atoms with Crippen molar-refractivity contribution in [3.05, 3.63) is 89.6 Å². The molecule has 2 saturated heterocycles. The lowest BCUT2D eigenvalue weighted by molar-refractivity contribution is 0.0775. The summed E-state index contributed by atoms with van der Waals surface area (Å²) in [6, 6.07) is 24.2. The third-order valence-electron chi connectivity index (χ3n) is 7.36. The zero-order chi connectivity index (χ0) is 23.7. The van der Waals surface area contributed by atoms with E-state index < -0.39 is 0 Å². The summed E-state index contributed by atoms with van der Waals surface area (Å²) in [6.45, 7) is 2.65. The molecule has 2 aliphatic heterocycles. The van der Waals surface area contributed by atoms with E-state index in [9.17, 15) is 4.79 Å². The summed E-state index contributed by atoms with van der Waals surface area (Å²) in [6.07, 6.45) is 4.66. The molecule has 4 aromatic rings. The zero-order valence-corrected chi connectivity index (χ0v) is 19.7. The van der Waals surface area contributed by atoms with Crippen LogP contribution in [0.1, 0.15) is 47.3 Å². The maximum Gasteiger partial charge on any atom is 0.253 e. The maximum atomic E-state index is 13.4. The van der Waals surface area contributed by atoms with Crippen molar-refractivity contribution in [3.63, 3.8) is 0 Å². The fourth-order valence-electron chi connectivity index (χ4n) is 5.44. The number of fused-ring (bicyclic) bond motifs is 1. The van der Waals surface area contributed by atoms with Gasteiger partial charge >= 0.3 is 0 Å². The van der Waals surface area contributed by atoms with Crippen LogP contribution in [-0.4, -0.2) is 46.2 Å². The lowest BCUT2D eigenvalue weighted by atomic mass is 9.88. The van der Waals surface area contributed by atoms with Gasteiger partial charge in [0.05, 0.1) is 5.52 Å². The second kappa shape index (κ2) is 9.05. The first kappa shape index (κ1) is 21.6. The van der Waals surface area contributed by atoms with Gasteiger partial charge in [-0.2, -0.15) is 5.10 Å². The van der Waals surface area contributed by atoms with Crippen LogP contribution in [0.5, 0.6) is 0 Å². The average molecular weight is 461 g/mol. The molecule has 0 bridgehead atoms. The number of hydrogen-bond acceptors (Lipinski definition) is 3. The van der Waals surface area contributed by atoms with Crippen LogP contribution in [-0.2, 0) is 0 Å². The number of aromatic nitrogens is 2. The van der Waals surface area contributed by atoms with E-state index in [2.05, 4.69) is 45.6 Å². The number of carbonyl (C=O) groups excluding carboxylic acids is 1. The van der Waals surface area contributed by atoms with Crippen molar-refractivity contribution in [3.8, 4) is 23.0 Å². The van der Waals surface area contributed by atoms with Gasteiger partial charge < -0.3 is 10.2 Å². The van der Waals surface area contributed by atoms with Crippen LogP contribution in [0.15, 0.2) is 72.8 Å². The number of rotatable bonds is 2. The molecular formula is C30H28N4O. The van der Waals surface area contributed by atoms with Crippen LogP contribution in [0.4, 0.5) is 0 Å². The molecule has 174 valence electrons. The molecule has 5 heteroatoms. The van der Waals surface area contributed by atoms with Crippen molar-refractivity contribution in [2.75, 3.05) is 19.6 Å². The molecule has 1 spiro atoms. The molecule has 1 amide bonds. The Morgan fingerprint density at radius 1 is 0.943 bits per heavy atom. The molecule has 3 aromatic carbocycles. The molecule has 6 rings (SSSR count). The predicted octanol–water partition coefficient (Wildman–Crippen LogP) is 4.99. The van der Waals surface area contributed by atoms with Crippen LogP contribution in [0.25, 0.3) is 22.0 Å². The molecule has 0 aliphatic carbocycles. The number of hydrogen-bond donors (Lipinski definition) is 2. The van der Waals surface area contributed by atoms with Gasteiger partial charge in [-0.1, -0.05) is 60.9 Å². The first-order valence-corrected chi connectivity index (χ1v) is 12.4. The minimum atomic E-state index is 0.0886. The summed E-state index contributed by atoms with van der Waals surface area (Å²) >= 11 is 0. The van der Waals surface area contributed by atoms with E-state index in [0.717, 1.165) is 60.1 Å². The summed E-state index contributed by atoms with van der Waals surface area (Å²) in [5, 5.41) is 12.1. The van der Waals surface area contributed by atoms with E-state index in [4.69, 9.17) is 0 Å². The molecule has 0 unspecified atom stereocenters. The van der Waals surface area contributed by atoms with Crippen molar-refractivity contribution < 1.29 is 4.79 Å². The second-order valence-corrected chi connectivity index (χ2v) is 9.64. The topological polar surface area (TPSA) is 61.0 Å². The maximum absolute atomic E-state index is 13.4. The molecule has 2 aliphatic rings. The molecule has 1 aromatic heterocycles. The summed E-state index contributed by atoms with van der Waals surface area (Å²) in [5.41, 5.74) is 5.52. The monoisotopic (exact) mass is 460 g/mol. The Balaban J connectivity index is 1.28. The summed E-state index contributed by atoms with van der Waals surface area (Å²) < 4.78 is 0. The lowest BCUT2D eigenvalue weighted by Gasteiger charge is -2.34. The predicted molar refractivity (Wildman–Crippen MR) is 139 cm³/mol. The fourth-order valence-corrected chi connectivity index (χ4v) is 5.44. The number of likely N-dealkylation sites (tertiary alicyclic amines) is 1. The summed E-state index contributed by atoms with van der Waals surface area (Å²) in [5.74, 6) is 6.65. The highest BCUT2D eigenvalue weighted by Crippen LogP contribution is 2.31. The quantitative estimate of drug-likeness (QED) is 0.415. The summed E-state index contributed by atoms with van der Waals surface area (Å²) in [7, 11) is 0. The first-order valence-electron chi connectivity index (χ1n) is 12.4. The zero-order valence-electron chi connectivity index (χ0n) is 19.7. The Kier molecular flexibility index (Phi) is 5.60. The standard InChI is InChI=1S/C30H28N4O/c35-29(34-19-17-30(21-34)16-6-7-18-31-30)24-13-15-28-26(20-24)27(32-33-28)14-12-23-10-4-5-11-25(23)22-8-2-1-3-9-22/h1-5,8-11,13,15,20,31H,6-7,16-19,21H2,(H,32,33)/t30-/m1/s1. The van der Waals surface area contributed by atoms with Crippen molar-refractivity contribution in [1.82, 2.24) is 20.4 Å². The molecule has 2 N–H and O–H groups in total. The van der Waals surface area contributed by atoms with Gasteiger partial charge in [-0.15, -0.1) is 0 Å². The summed E-state index contributed by atoms with van der Waals surface area (Å²) in [4.78, 5) is 15.4. The van der Waals surface area contributed by atoms with Gasteiger partial charge in [0.25, 0.3) is 5.91 Å². The minimum absolute atomic E-state index is 0.0886. The van der Waals surface area contributed by atoms with Gasteiger partial charge in [-0.25, -0.2) is 0 Å². The number of piperidine rings is 1. The first-order chi connectivity index (χ1) is 17.2. The number of H-pyrrole nitrogens is 1. The minimum Gasteiger partial charge on any atom is -0.337 e. The van der Waals surface area contributed by atoms with E-state index in [1.165, 1.54) is 12.8 Å². The van der Waals surface area contributed by atoms with Gasteiger partial charge in [0.1, 0.15) is 5.69 Å². The third kappa shape index (κ3) is 4.22. The van der Waals surface area contributed by atoms with Crippen LogP contribution in [0.3, 0.4) is 0 Å². The van der Waals surface area contributed by atoms with Gasteiger partial charge in [0.15, 0.2) is 0 Å². The normalized spacial score (nSPS) is 19.6. The van der Waals surface area contributed by atoms with E-state index in [1.54, 1.807) is 0 Å². The van der Waals surface area contributed by atoms with Gasteiger partial charge in [0, 0.05) is 35.1 Å². The van der Waals surface area contributed by atoms with Gasteiger partial charge in [-0.05, 0) is 67.1 Å². The fraction of sp³-hybridized carbons (Fsp3) is 0.267. The average Bonchev–Trinajstić information content (AvgIpc) is 3.52. The van der Waals surface area contributed by atoms with E-state index >= 15 is 0 Å². The smallest absolute Gasteiger partial charge is 0.253 e. The molecule has 35 heavy (non-hydrogen) atoms. The number of nitrogens with one attached hydrogen (secondary N) is 2. The number of carbonyl (C=O) groups is 1. The lowest BCUT2D eigenvalue weighted by Crippen LogP contribution is -2.50. The van der Waals surface area contributed by atoms with Crippen molar-refractivity contribution in [2.24, 2.45) is 0 Å². The Bertz CT molecular complexity index is 1440. The third-order valence-corrected chi connectivity index (χ3v) is 7.36. The van der Waals surface area contributed by atoms with E-state index in [0.29, 0.717) is 11.3 Å². The molecular weight excluding hydrogens is 432 g/mol. The molecule has 0 saturated carbocycles. The largest absolute Gasteiger partial charge is 0.337 e. The highest BCUT2D eigenvalue weighted by molar-refractivity contribution is 5.99. The number of amides is 1. The number of nitrogens with zero attached hydrogens (tertiary/aromatic N) is 2. The van der Waals surface area contributed by atoms with Crippen LogP contribution >= 0.6 is 0 Å². The highest BCUT2D eigenvalue weighted by atomic mass is 16.2. The Morgan fingerprint density at radius 2 is 1.80 bits per heavy atom. The van der Waals surface area contributed by atoms with Crippen molar-refractivity contribution in [1.29, 1.82) is 0 Å². The Hall–Kier alpha value is -3.88. The molecule has 5 nitrogen and oxygen atoms in total. The van der Waals surface area contributed by atoms with Crippen molar-refractivity contribution >= 4 is 16.8 Å². The Morgan fingerprint density at radius 3 is 2.66 bits per heavy atom. The molecule has 0 radical (unpaired) electrons. The van der Waals surface area contributed by atoms with E-state index in [-0.39, 0.29) is 11.4 Å². The molecule has 3 heterocycles. The Labute approximate surface area is 205 Å². The van der Waals surface area contributed by atoms with Gasteiger partial charge in [0.2, 0.25) is 0 Å². The second-order valence-electron chi connectivity index (χ2n) is 9.64. The SMILES string of the molecule is O=C(c1ccc2[nH]nc(C#Cc3ccccc3-c3ccccc3)c2c1)N1CC[C@]2(CCCCN2)C1. The van der Waals surface area contributed by atoms with Crippen LogP contribution in [0.2, 0.25) is 0 Å².